The largest absolute Gasteiger partial charge is 0.481 e. The Morgan fingerprint density at radius 1 is 1.62 bits per heavy atom. The van der Waals surface area contributed by atoms with Crippen molar-refractivity contribution in [3.63, 3.8) is 0 Å². The highest BCUT2D eigenvalue weighted by molar-refractivity contribution is 5.66. The van der Waals surface area contributed by atoms with E-state index in [1.165, 1.54) is 0 Å². The van der Waals surface area contributed by atoms with Crippen LogP contribution in [0.3, 0.4) is 0 Å². The third kappa shape index (κ3) is 8.54. The molecule has 0 atom stereocenters. The van der Waals surface area contributed by atoms with Gasteiger partial charge in [-0.1, -0.05) is 0 Å². The van der Waals surface area contributed by atoms with Crippen LogP contribution in [-0.2, 0) is 9.63 Å². The number of rotatable bonds is 7. The van der Waals surface area contributed by atoms with Crippen molar-refractivity contribution in [1.29, 1.82) is 0 Å². The summed E-state index contributed by atoms with van der Waals surface area (Å²) in [6.45, 7) is 0.661. The van der Waals surface area contributed by atoms with Gasteiger partial charge in [0.25, 0.3) is 5.09 Å². The van der Waals surface area contributed by atoms with Gasteiger partial charge in [0.15, 0.2) is 0 Å². The summed E-state index contributed by atoms with van der Waals surface area (Å²) >= 11 is 0. The summed E-state index contributed by atoms with van der Waals surface area (Å²) in [5, 5.41) is 17.2. The van der Waals surface area contributed by atoms with E-state index in [0.29, 0.717) is 13.1 Å². The number of carboxylic acids is 1. The van der Waals surface area contributed by atoms with Crippen LogP contribution in [0.1, 0.15) is 6.42 Å². The molecule has 0 aliphatic heterocycles. The van der Waals surface area contributed by atoms with Gasteiger partial charge in [-0.05, 0) is 7.05 Å². The van der Waals surface area contributed by atoms with Gasteiger partial charge >= 0.3 is 5.97 Å². The normalized spacial score (nSPS) is 10.0. The van der Waals surface area contributed by atoms with Gasteiger partial charge < -0.3 is 14.8 Å². The van der Waals surface area contributed by atoms with Crippen molar-refractivity contribution < 1.29 is 19.8 Å². The monoisotopic (exact) mass is 192 g/mol. The lowest BCUT2D eigenvalue weighted by molar-refractivity contribution is -0.757. The third-order valence-electron chi connectivity index (χ3n) is 1.38. The van der Waals surface area contributed by atoms with E-state index < -0.39 is 11.1 Å². The number of likely N-dealkylation sites (N-methyl/N-ethyl adjacent to an activating group) is 1. The van der Waals surface area contributed by atoms with E-state index in [4.69, 9.17) is 5.11 Å². The molecule has 0 radical (unpaired) electrons. The summed E-state index contributed by atoms with van der Waals surface area (Å²) in [7, 11) is 1.67. The first kappa shape index (κ1) is 11.6. The molecule has 0 aromatic carbocycles. The third-order valence-corrected chi connectivity index (χ3v) is 1.38. The highest BCUT2D eigenvalue weighted by Gasteiger charge is 2.03. The number of carboxylic acid groups (broad SMARTS) is 1. The zero-order valence-electron chi connectivity index (χ0n) is 7.30. The van der Waals surface area contributed by atoms with Crippen LogP contribution in [0.5, 0.6) is 0 Å². The molecule has 0 aliphatic rings. The van der Waals surface area contributed by atoms with Gasteiger partial charge in [-0.2, -0.15) is 0 Å². The molecule has 0 rings (SSSR count). The molecule has 0 fully saturated rings. The Bertz CT molecular complexity index is 184. The number of carbonyl (C=O) groups is 1. The van der Waals surface area contributed by atoms with Crippen LogP contribution in [0, 0.1) is 10.1 Å². The average molecular weight is 192 g/mol. The Morgan fingerprint density at radius 2 is 2.23 bits per heavy atom. The van der Waals surface area contributed by atoms with Crippen LogP contribution in [-0.4, -0.2) is 47.8 Å². The van der Waals surface area contributed by atoms with Crippen LogP contribution >= 0.6 is 0 Å². The zero-order chi connectivity index (χ0) is 10.3. The molecule has 0 aromatic heterocycles. The second-order valence-corrected chi connectivity index (χ2v) is 2.50. The minimum atomic E-state index is -0.887. The molecular weight excluding hydrogens is 180 g/mol. The average Bonchev–Trinajstić information content (AvgIpc) is 2.00. The highest BCUT2D eigenvalue weighted by Crippen LogP contribution is 1.87. The van der Waals surface area contributed by atoms with Crippen molar-refractivity contribution in [1.82, 2.24) is 4.90 Å². The maximum absolute atomic E-state index is 10.1. The molecule has 76 valence electrons. The van der Waals surface area contributed by atoms with Crippen molar-refractivity contribution in [2.45, 2.75) is 6.42 Å². The molecule has 0 spiro atoms. The molecule has 0 saturated carbocycles. The van der Waals surface area contributed by atoms with E-state index in [0.717, 1.165) is 0 Å². The molecule has 0 bridgehead atoms. The molecule has 13 heavy (non-hydrogen) atoms. The van der Waals surface area contributed by atoms with Crippen LogP contribution in [0.4, 0.5) is 0 Å². The summed E-state index contributed by atoms with van der Waals surface area (Å²) < 4.78 is 0. The SMILES string of the molecule is CN(CCO[N+](=O)[O-])CCC(=O)O. The molecule has 1 N–H and O–H groups in total. The summed E-state index contributed by atoms with van der Waals surface area (Å²) in [6.07, 6.45) is 0.0228. The molecule has 0 aromatic rings. The van der Waals surface area contributed by atoms with Crippen LogP contribution in [0.2, 0.25) is 0 Å². The summed E-state index contributed by atoms with van der Waals surface area (Å²) in [5.41, 5.74) is 0. The first-order valence-corrected chi connectivity index (χ1v) is 3.70. The molecule has 0 amide bonds. The smallest absolute Gasteiger partial charge is 0.304 e. The Balaban J connectivity index is 3.35. The lowest BCUT2D eigenvalue weighted by atomic mass is 10.4. The summed E-state index contributed by atoms with van der Waals surface area (Å²) in [4.78, 5) is 25.5. The van der Waals surface area contributed by atoms with Gasteiger partial charge in [0.2, 0.25) is 0 Å². The number of nitrogens with zero attached hydrogens (tertiary/aromatic N) is 2. The van der Waals surface area contributed by atoms with Gasteiger partial charge in [0.05, 0.1) is 6.42 Å². The lowest BCUT2D eigenvalue weighted by Crippen LogP contribution is -2.26. The fraction of sp³-hybridized carbons (Fsp3) is 0.833. The van der Waals surface area contributed by atoms with Gasteiger partial charge in [0.1, 0.15) is 6.61 Å². The maximum Gasteiger partial charge on any atom is 0.304 e. The number of aliphatic carboxylic acids is 1. The van der Waals surface area contributed by atoms with Crippen molar-refractivity contribution in [3.05, 3.63) is 10.1 Å². The van der Waals surface area contributed by atoms with Crippen molar-refractivity contribution >= 4 is 5.97 Å². The minimum Gasteiger partial charge on any atom is -0.481 e. The Hall–Kier alpha value is -1.37. The predicted molar refractivity (Wildman–Crippen MR) is 42.7 cm³/mol. The molecule has 7 nitrogen and oxygen atoms in total. The molecule has 0 heterocycles. The first-order chi connectivity index (χ1) is 6.02. The molecule has 0 aliphatic carbocycles. The molecule has 7 heteroatoms. The quantitative estimate of drug-likeness (QED) is 0.435. The van der Waals surface area contributed by atoms with E-state index in [-0.39, 0.29) is 13.0 Å². The van der Waals surface area contributed by atoms with E-state index >= 15 is 0 Å². The highest BCUT2D eigenvalue weighted by atomic mass is 16.9. The van der Waals surface area contributed by atoms with Gasteiger partial charge in [-0.25, -0.2) is 0 Å². The van der Waals surface area contributed by atoms with E-state index in [1.54, 1.807) is 11.9 Å². The Labute approximate surface area is 75.0 Å². The predicted octanol–water partition coefficient (Wildman–Crippen LogP) is -0.399. The maximum atomic E-state index is 10.1. The van der Waals surface area contributed by atoms with Crippen molar-refractivity contribution in [2.75, 3.05) is 26.7 Å². The van der Waals surface area contributed by atoms with Crippen molar-refractivity contribution in [2.24, 2.45) is 0 Å². The zero-order valence-corrected chi connectivity index (χ0v) is 7.30. The standard InChI is InChI=1S/C6H12N2O5/c1-7(3-2-6(9)10)4-5-13-8(11)12/h2-5H2,1H3,(H,9,10). The molecule has 0 saturated heterocycles. The van der Waals surface area contributed by atoms with E-state index in [2.05, 4.69) is 4.84 Å². The molecular formula is C6H12N2O5. The van der Waals surface area contributed by atoms with Gasteiger partial charge in [-0.3, -0.25) is 4.79 Å². The first-order valence-electron chi connectivity index (χ1n) is 3.70. The second-order valence-electron chi connectivity index (χ2n) is 2.50. The second kappa shape index (κ2) is 6.18. The summed E-state index contributed by atoms with van der Waals surface area (Å²) in [5.74, 6) is -0.887. The fourth-order valence-corrected chi connectivity index (χ4v) is 0.670. The topological polar surface area (TPSA) is 92.9 Å². The lowest BCUT2D eigenvalue weighted by Gasteiger charge is -2.13. The summed E-state index contributed by atoms with van der Waals surface area (Å²) in [6, 6.07) is 0. The molecule has 0 unspecified atom stereocenters. The van der Waals surface area contributed by atoms with Crippen LogP contribution in [0.25, 0.3) is 0 Å². The van der Waals surface area contributed by atoms with Crippen LogP contribution in [0.15, 0.2) is 0 Å². The number of hydrogen-bond donors (Lipinski definition) is 1. The van der Waals surface area contributed by atoms with E-state index in [1.807, 2.05) is 0 Å². The fourth-order valence-electron chi connectivity index (χ4n) is 0.670. The minimum absolute atomic E-state index is 0.0228. The number of hydrogen-bond acceptors (Lipinski definition) is 5. The van der Waals surface area contributed by atoms with Crippen LogP contribution < -0.4 is 0 Å². The van der Waals surface area contributed by atoms with Crippen molar-refractivity contribution in [3.8, 4) is 0 Å². The Morgan fingerprint density at radius 3 is 2.69 bits per heavy atom. The Kier molecular flexibility index (Phi) is 5.53. The van der Waals surface area contributed by atoms with Gasteiger partial charge in [0, 0.05) is 13.1 Å². The van der Waals surface area contributed by atoms with E-state index in [9.17, 15) is 14.9 Å². The van der Waals surface area contributed by atoms with Gasteiger partial charge in [-0.15, -0.1) is 10.1 Å².